The summed E-state index contributed by atoms with van der Waals surface area (Å²) in [6.45, 7) is 14.4. The Morgan fingerprint density at radius 2 is 2.10 bits per heavy atom. The van der Waals surface area contributed by atoms with Gasteiger partial charge in [0, 0.05) is 44.7 Å². The van der Waals surface area contributed by atoms with E-state index in [1.54, 1.807) is 0 Å². The van der Waals surface area contributed by atoms with Crippen molar-refractivity contribution in [2.75, 3.05) is 44.7 Å². The Bertz CT molecular complexity index is 349. The predicted molar refractivity (Wildman–Crippen MR) is 84.3 cm³/mol. The van der Waals surface area contributed by atoms with Gasteiger partial charge in [0.1, 0.15) is 0 Å². The predicted octanol–water partition coefficient (Wildman–Crippen LogP) is 2.62. The lowest BCUT2D eigenvalue weighted by atomic mass is 10.3. The highest BCUT2D eigenvalue weighted by molar-refractivity contribution is 5.26. The Labute approximate surface area is 123 Å². The Morgan fingerprint density at radius 3 is 2.75 bits per heavy atom. The van der Waals surface area contributed by atoms with E-state index in [1.807, 2.05) is 13.1 Å². The molecule has 0 spiro atoms. The second kappa shape index (κ2) is 9.77. The molecular weight excluding hydrogens is 252 g/mol. The topological polar surface area (TPSA) is 42.3 Å². The minimum Gasteiger partial charge on any atom is -0.382 e. The van der Waals surface area contributed by atoms with Crippen LogP contribution in [0.2, 0.25) is 0 Å². The quantitative estimate of drug-likeness (QED) is 0.634. The lowest BCUT2D eigenvalue weighted by Gasteiger charge is -2.24. The van der Waals surface area contributed by atoms with Crippen LogP contribution in [0.15, 0.2) is 12.4 Å². The Balaban J connectivity index is 2.44. The fraction of sp³-hybridized carbons (Fsp3) is 0.800. The van der Waals surface area contributed by atoms with Gasteiger partial charge in [-0.1, -0.05) is 13.8 Å². The van der Waals surface area contributed by atoms with Gasteiger partial charge in [-0.2, -0.15) is 0 Å². The minimum atomic E-state index is 0.423. The average molecular weight is 282 g/mol. The van der Waals surface area contributed by atoms with E-state index in [2.05, 4.69) is 46.7 Å². The van der Waals surface area contributed by atoms with E-state index in [9.17, 15) is 0 Å². The first-order chi connectivity index (χ1) is 9.72. The molecule has 0 bridgehead atoms. The van der Waals surface area contributed by atoms with Crippen molar-refractivity contribution < 1.29 is 4.74 Å². The number of rotatable bonds is 11. The molecule has 0 fully saturated rings. The number of imidazole rings is 1. The summed E-state index contributed by atoms with van der Waals surface area (Å²) in [4.78, 5) is 6.84. The zero-order valence-electron chi connectivity index (χ0n) is 13.4. The van der Waals surface area contributed by atoms with Gasteiger partial charge in [-0.25, -0.2) is 4.98 Å². The van der Waals surface area contributed by atoms with E-state index in [4.69, 9.17) is 4.74 Å². The summed E-state index contributed by atoms with van der Waals surface area (Å²) < 4.78 is 7.56. The van der Waals surface area contributed by atoms with E-state index < -0.39 is 0 Å². The van der Waals surface area contributed by atoms with Crippen molar-refractivity contribution in [3.63, 3.8) is 0 Å². The van der Waals surface area contributed by atoms with Crippen LogP contribution in [-0.2, 0) is 4.74 Å². The van der Waals surface area contributed by atoms with Gasteiger partial charge in [-0.3, -0.25) is 0 Å². The van der Waals surface area contributed by atoms with E-state index in [0.29, 0.717) is 6.04 Å². The molecule has 0 saturated heterocycles. The molecule has 0 aliphatic heterocycles. The van der Waals surface area contributed by atoms with Crippen LogP contribution in [0, 0.1) is 0 Å². The second-order valence-electron chi connectivity index (χ2n) is 4.97. The SMILES string of the molecule is CCOCCCNc1nccn1C(C)CN(CC)CC. The summed E-state index contributed by atoms with van der Waals surface area (Å²) in [5, 5.41) is 3.40. The van der Waals surface area contributed by atoms with Gasteiger partial charge in [0.2, 0.25) is 5.95 Å². The summed E-state index contributed by atoms with van der Waals surface area (Å²) in [6, 6.07) is 0.423. The third-order valence-corrected chi connectivity index (χ3v) is 3.51. The van der Waals surface area contributed by atoms with Gasteiger partial charge in [0.05, 0.1) is 0 Å². The highest BCUT2D eigenvalue weighted by atomic mass is 16.5. The largest absolute Gasteiger partial charge is 0.382 e. The molecule has 5 nitrogen and oxygen atoms in total. The number of nitrogens with zero attached hydrogens (tertiary/aromatic N) is 3. The van der Waals surface area contributed by atoms with Gasteiger partial charge >= 0.3 is 0 Å². The highest BCUT2D eigenvalue weighted by Gasteiger charge is 2.12. The van der Waals surface area contributed by atoms with Crippen LogP contribution in [0.4, 0.5) is 5.95 Å². The molecule has 116 valence electrons. The number of ether oxygens (including phenoxy) is 1. The van der Waals surface area contributed by atoms with Crippen molar-refractivity contribution >= 4 is 5.95 Å². The molecule has 20 heavy (non-hydrogen) atoms. The zero-order valence-corrected chi connectivity index (χ0v) is 13.4. The van der Waals surface area contributed by atoms with Crippen LogP contribution in [0.1, 0.15) is 40.2 Å². The minimum absolute atomic E-state index is 0.423. The molecular formula is C15H30N4O. The molecule has 1 aromatic rings. The lowest BCUT2D eigenvalue weighted by Crippen LogP contribution is -2.29. The Morgan fingerprint density at radius 1 is 1.35 bits per heavy atom. The monoisotopic (exact) mass is 282 g/mol. The first kappa shape index (κ1) is 17.0. The first-order valence-corrected chi connectivity index (χ1v) is 7.79. The van der Waals surface area contributed by atoms with Crippen LogP contribution >= 0.6 is 0 Å². The summed E-state index contributed by atoms with van der Waals surface area (Å²) in [7, 11) is 0. The van der Waals surface area contributed by atoms with Gasteiger partial charge in [-0.15, -0.1) is 0 Å². The summed E-state index contributed by atoms with van der Waals surface area (Å²) >= 11 is 0. The van der Waals surface area contributed by atoms with Crippen molar-refractivity contribution in [3.8, 4) is 0 Å². The number of hydrogen-bond acceptors (Lipinski definition) is 4. The second-order valence-corrected chi connectivity index (χ2v) is 4.97. The van der Waals surface area contributed by atoms with Crippen LogP contribution < -0.4 is 5.32 Å². The summed E-state index contributed by atoms with van der Waals surface area (Å²) in [5.74, 6) is 0.959. The molecule has 1 heterocycles. The van der Waals surface area contributed by atoms with Crippen LogP contribution in [-0.4, -0.2) is 53.8 Å². The van der Waals surface area contributed by atoms with Crippen molar-refractivity contribution in [1.82, 2.24) is 14.5 Å². The third kappa shape index (κ3) is 5.51. The molecule has 1 atom stereocenters. The number of hydrogen-bond donors (Lipinski definition) is 1. The van der Waals surface area contributed by atoms with E-state index in [0.717, 1.165) is 51.8 Å². The van der Waals surface area contributed by atoms with Crippen LogP contribution in [0.25, 0.3) is 0 Å². The molecule has 1 rings (SSSR count). The molecule has 0 aromatic carbocycles. The molecule has 0 aliphatic rings. The van der Waals surface area contributed by atoms with E-state index in [-0.39, 0.29) is 0 Å². The standard InChI is InChI=1S/C15H30N4O/c1-5-18(6-2)13-14(4)19-11-10-17-15(19)16-9-8-12-20-7-3/h10-11,14H,5-9,12-13H2,1-4H3,(H,16,17). The summed E-state index contributed by atoms with van der Waals surface area (Å²) in [6.07, 6.45) is 4.92. The molecule has 1 unspecified atom stereocenters. The van der Waals surface area contributed by atoms with Crippen molar-refractivity contribution in [2.45, 2.75) is 40.2 Å². The maximum absolute atomic E-state index is 5.34. The van der Waals surface area contributed by atoms with Crippen LogP contribution in [0.5, 0.6) is 0 Å². The van der Waals surface area contributed by atoms with E-state index in [1.165, 1.54) is 0 Å². The molecule has 1 N–H and O–H groups in total. The Kier molecular flexibility index (Phi) is 8.30. The van der Waals surface area contributed by atoms with Crippen molar-refractivity contribution in [2.24, 2.45) is 0 Å². The van der Waals surface area contributed by atoms with Gasteiger partial charge < -0.3 is 19.5 Å². The van der Waals surface area contributed by atoms with Gasteiger partial charge in [0.25, 0.3) is 0 Å². The molecule has 5 heteroatoms. The summed E-state index contributed by atoms with van der Waals surface area (Å²) in [5.41, 5.74) is 0. The van der Waals surface area contributed by atoms with Crippen molar-refractivity contribution in [3.05, 3.63) is 12.4 Å². The average Bonchev–Trinajstić information content (AvgIpc) is 2.92. The molecule has 0 saturated carbocycles. The van der Waals surface area contributed by atoms with E-state index >= 15 is 0 Å². The molecule has 0 amide bonds. The number of likely N-dealkylation sites (N-methyl/N-ethyl adjacent to an activating group) is 1. The fourth-order valence-corrected chi connectivity index (χ4v) is 2.27. The maximum atomic E-state index is 5.34. The van der Waals surface area contributed by atoms with Gasteiger partial charge in [0.15, 0.2) is 0 Å². The molecule has 0 radical (unpaired) electrons. The van der Waals surface area contributed by atoms with Crippen LogP contribution in [0.3, 0.4) is 0 Å². The lowest BCUT2D eigenvalue weighted by molar-refractivity contribution is 0.147. The Hall–Kier alpha value is -1.07. The normalized spacial score (nSPS) is 12.8. The number of nitrogens with one attached hydrogen (secondary N) is 1. The highest BCUT2D eigenvalue weighted by Crippen LogP contribution is 2.14. The van der Waals surface area contributed by atoms with Crippen molar-refractivity contribution in [1.29, 1.82) is 0 Å². The maximum Gasteiger partial charge on any atom is 0.203 e. The fourth-order valence-electron chi connectivity index (χ4n) is 2.27. The number of aromatic nitrogens is 2. The molecule has 1 aromatic heterocycles. The first-order valence-electron chi connectivity index (χ1n) is 7.79. The third-order valence-electron chi connectivity index (χ3n) is 3.51. The molecule has 0 aliphatic carbocycles. The number of anilines is 1. The van der Waals surface area contributed by atoms with Gasteiger partial charge in [-0.05, 0) is 33.4 Å². The zero-order chi connectivity index (χ0) is 14.8. The smallest absolute Gasteiger partial charge is 0.203 e.